The molecule has 0 radical (unpaired) electrons. The second-order valence-electron chi connectivity index (χ2n) is 6.89. The standard InChI is InChI=1S/C16H27N3O2/c1-17-16(7-3-2-4-8-16)11-15(21)18-9-10-19-13(12-18)5-6-14(19)20/h13,17H,2-12H2,1H3. The van der Waals surface area contributed by atoms with Crippen molar-refractivity contribution in [2.75, 3.05) is 26.7 Å². The summed E-state index contributed by atoms with van der Waals surface area (Å²) in [4.78, 5) is 28.4. The quantitative estimate of drug-likeness (QED) is 0.849. The van der Waals surface area contributed by atoms with Crippen LogP contribution in [0.5, 0.6) is 0 Å². The number of rotatable bonds is 3. The zero-order chi connectivity index (χ0) is 14.9. The van der Waals surface area contributed by atoms with Gasteiger partial charge in [-0.05, 0) is 26.3 Å². The molecule has 5 heteroatoms. The molecule has 2 aliphatic heterocycles. The molecule has 3 fully saturated rings. The minimum absolute atomic E-state index is 0.0119. The van der Waals surface area contributed by atoms with Gasteiger partial charge >= 0.3 is 0 Å². The van der Waals surface area contributed by atoms with E-state index in [0.29, 0.717) is 19.4 Å². The molecule has 5 nitrogen and oxygen atoms in total. The molecule has 3 rings (SSSR count). The summed E-state index contributed by atoms with van der Waals surface area (Å²) in [7, 11) is 1.99. The average Bonchev–Trinajstić information content (AvgIpc) is 2.89. The van der Waals surface area contributed by atoms with Crippen molar-refractivity contribution >= 4 is 11.8 Å². The van der Waals surface area contributed by atoms with Gasteiger partial charge < -0.3 is 15.1 Å². The number of nitrogens with zero attached hydrogens (tertiary/aromatic N) is 2. The Balaban J connectivity index is 1.59. The third-order valence-electron chi connectivity index (χ3n) is 5.68. The molecule has 0 aromatic heterocycles. The molecule has 0 bridgehead atoms. The number of nitrogens with one attached hydrogen (secondary N) is 1. The predicted octanol–water partition coefficient (Wildman–Crippen LogP) is 1.13. The Kier molecular flexibility index (Phi) is 4.20. The van der Waals surface area contributed by atoms with Crippen molar-refractivity contribution in [3.8, 4) is 0 Å². The fourth-order valence-corrected chi connectivity index (χ4v) is 4.24. The molecule has 1 unspecified atom stereocenters. The molecular weight excluding hydrogens is 266 g/mol. The SMILES string of the molecule is CNC1(CC(=O)N2CCN3C(=O)CCC3C2)CCCCC1. The third-order valence-corrected chi connectivity index (χ3v) is 5.68. The molecular formula is C16H27N3O2. The summed E-state index contributed by atoms with van der Waals surface area (Å²) < 4.78 is 0. The summed E-state index contributed by atoms with van der Waals surface area (Å²) in [5, 5.41) is 3.43. The number of carbonyl (C=O) groups excluding carboxylic acids is 2. The molecule has 0 aromatic rings. The van der Waals surface area contributed by atoms with Crippen molar-refractivity contribution in [3.63, 3.8) is 0 Å². The second-order valence-corrected chi connectivity index (χ2v) is 6.89. The van der Waals surface area contributed by atoms with E-state index < -0.39 is 0 Å². The van der Waals surface area contributed by atoms with Crippen molar-refractivity contribution in [1.82, 2.24) is 15.1 Å². The number of amides is 2. The maximum absolute atomic E-state index is 12.7. The van der Waals surface area contributed by atoms with Gasteiger partial charge in [0.15, 0.2) is 0 Å². The maximum Gasteiger partial charge on any atom is 0.224 e. The van der Waals surface area contributed by atoms with Gasteiger partial charge in [-0.2, -0.15) is 0 Å². The highest BCUT2D eigenvalue weighted by atomic mass is 16.2. The van der Waals surface area contributed by atoms with Crippen molar-refractivity contribution in [2.45, 2.75) is 62.9 Å². The summed E-state index contributed by atoms with van der Waals surface area (Å²) in [6.45, 7) is 2.17. The Bertz CT molecular complexity index is 418. The number of fused-ring (bicyclic) bond motifs is 1. The predicted molar refractivity (Wildman–Crippen MR) is 80.8 cm³/mol. The fraction of sp³-hybridized carbons (Fsp3) is 0.875. The lowest BCUT2D eigenvalue weighted by atomic mass is 9.79. The van der Waals surface area contributed by atoms with Crippen LogP contribution in [0.4, 0.5) is 0 Å². The van der Waals surface area contributed by atoms with Crippen LogP contribution in [0.2, 0.25) is 0 Å². The Morgan fingerprint density at radius 1 is 1.29 bits per heavy atom. The summed E-state index contributed by atoms with van der Waals surface area (Å²) in [6, 6.07) is 0.270. The Hall–Kier alpha value is -1.10. The van der Waals surface area contributed by atoms with Crippen molar-refractivity contribution in [3.05, 3.63) is 0 Å². The molecule has 2 amide bonds. The molecule has 21 heavy (non-hydrogen) atoms. The van der Waals surface area contributed by atoms with Crippen LogP contribution in [0, 0.1) is 0 Å². The summed E-state index contributed by atoms with van der Waals surface area (Å²) in [5.41, 5.74) is 0.0119. The van der Waals surface area contributed by atoms with E-state index in [1.807, 2.05) is 16.8 Å². The van der Waals surface area contributed by atoms with E-state index in [4.69, 9.17) is 0 Å². The first-order valence-electron chi connectivity index (χ1n) is 8.40. The van der Waals surface area contributed by atoms with E-state index >= 15 is 0 Å². The maximum atomic E-state index is 12.7. The van der Waals surface area contributed by atoms with Crippen molar-refractivity contribution in [2.24, 2.45) is 0 Å². The van der Waals surface area contributed by atoms with E-state index in [1.165, 1.54) is 19.3 Å². The molecule has 0 spiro atoms. The minimum atomic E-state index is 0.0119. The van der Waals surface area contributed by atoms with Gasteiger partial charge in [0.1, 0.15) is 0 Å². The van der Waals surface area contributed by atoms with Crippen LogP contribution in [0.15, 0.2) is 0 Å². The van der Waals surface area contributed by atoms with E-state index in [9.17, 15) is 9.59 Å². The number of piperazine rings is 1. The topological polar surface area (TPSA) is 52.7 Å². The van der Waals surface area contributed by atoms with E-state index in [2.05, 4.69) is 5.32 Å². The normalized spacial score (nSPS) is 28.6. The minimum Gasteiger partial charge on any atom is -0.339 e. The lowest BCUT2D eigenvalue weighted by molar-refractivity contribution is -0.140. The van der Waals surface area contributed by atoms with Gasteiger partial charge in [0.25, 0.3) is 0 Å². The first-order chi connectivity index (χ1) is 10.1. The fourth-order valence-electron chi connectivity index (χ4n) is 4.24. The number of carbonyl (C=O) groups is 2. The third kappa shape index (κ3) is 2.93. The monoisotopic (exact) mass is 293 g/mol. The van der Waals surface area contributed by atoms with Gasteiger partial charge in [-0.25, -0.2) is 0 Å². The van der Waals surface area contributed by atoms with E-state index in [-0.39, 0.29) is 23.4 Å². The molecule has 1 atom stereocenters. The highest BCUT2D eigenvalue weighted by Gasteiger charge is 2.39. The Labute approximate surface area is 127 Å². The van der Waals surface area contributed by atoms with Gasteiger partial charge in [-0.3, -0.25) is 9.59 Å². The molecule has 1 aliphatic carbocycles. The van der Waals surface area contributed by atoms with Crippen LogP contribution in [-0.2, 0) is 9.59 Å². The first-order valence-corrected chi connectivity index (χ1v) is 8.40. The smallest absolute Gasteiger partial charge is 0.224 e. The van der Waals surface area contributed by atoms with Crippen LogP contribution < -0.4 is 5.32 Å². The zero-order valence-corrected chi connectivity index (χ0v) is 13.1. The molecule has 1 N–H and O–H groups in total. The highest BCUT2D eigenvalue weighted by molar-refractivity contribution is 5.81. The van der Waals surface area contributed by atoms with Crippen LogP contribution in [0.3, 0.4) is 0 Å². The lowest BCUT2D eigenvalue weighted by Crippen LogP contribution is -2.55. The summed E-state index contributed by atoms with van der Waals surface area (Å²) in [6.07, 6.45) is 8.14. The number of hydrogen-bond acceptors (Lipinski definition) is 3. The van der Waals surface area contributed by atoms with Crippen LogP contribution in [0.25, 0.3) is 0 Å². The number of hydrogen-bond donors (Lipinski definition) is 1. The molecule has 2 heterocycles. The van der Waals surface area contributed by atoms with Gasteiger partial charge in [-0.15, -0.1) is 0 Å². The van der Waals surface area contributed by atoms with Crippen LogP contribution >= 0.6 is 0 Å². The lowest BCUT2D eigenvalue weighted by Gasteiger charge is -2.41. The average molecular weight is 293 g/mol. The molecule has 3 aliphatic rings. The molecule has 118 valence electrons. The summed E-state index contributed by atoms with van der Waals surface area (Å²) in [5.74, 6) is 0.538. The largest absolute Gasteiger partial charge is 0.339 e. The van der Waals surface area contributed by atoms with Crippen molar-refractivity contribution in [1.29, 1.82) is 0 Å². The molecule has 0 aromatic carbocycles. The molecule has 1 saturated carbocycles. The highest BCUT2D eigenvalue weighted by Crippen LogP contribution is 2.32. The molecule has 2 saturated heterocycles. The van der Waals surface area contributed by atoms with E-state index in [0.717, 1.165) is 32.4 Å². The Morgan fingerprint density at radius 2 is 2.05 bits per heavy atom. The van der Waals surface area contributed by atoms with Crippen molar-refractivity contribution < 1.29 is 9.59 Å². The van der Waals surface area contributed by atoms with Gasteiger partial charge in [0, 0.05) is 44.1 Å². The Morgan fingerprint density at radius 3 is 2.76 bits per heavy atom. The first kappa shape index (κ1) is 14.8. The van der Waals surface area contributed by atoms with Crippen LogP contribution in [0.1, 0.15) is 51.4 Å². The van der Waals surface area contributed by atoms with Crippen LogP contribution in [-0.4, -0.2) is 59.9 Å². The van der Waals surface area contributed by atoms with Gasteiger partial charge in [0.05, 0.1) is 0 Å². The zero-order valence-electron chi connectivity index (χ0n) is 13.1. The van der Waals surface area contributed by atoms with Gasteiger partial charge in [0.2, 0.25) is 11.8 Å². The van der Waals surface area contributed by atoms with E-state index in [1.54, 1.807) is 0 Å². The summed E-state index contributed by atoms with van der Waals surface area (Å²) >= 11 is 0. The van der Waals surface area contributed by atoms with Gasteiger partial charge in [-0.1, -0.05) is 19.3 Å². The second kappa shape index (κ2) is 5.95.